The summed E-state index contributed by atoms with van der Waals surface area (Å²) in [6.07, 6.45) is 6.87. The summed E-state index contributed by atoms with van der Waals surface area (Å²) in [6, 6.07) is 33.6. The van der Waals surface area contributed by atoms with Crippen LogP contribution >= 0.6 is 0 Å². The molecular weight excluding hydrogens is 378 g/mol. The number of hydrogen-bond donors (Lipinski definition) is 1. The molecule has 156 valence electrons. The van der Waals surface area contributed by atoms with Crippen LogP contribution in [0.3, 0.4) is 0 Å². The summed E-state index contributed by atoms with van der Waals surface area (Å²) in [4.78, 5) is 0. The van der Waals surface area contributed by atoms with Gasteiger partial charge in [0.15, 0.2) is 0 Å². The van der Waals surface area contributed by atoms with E-state index < -0.39 is 8.07 Å². The van der Waals surface area contributed by atoms with E-state index in [0.29, 0.717) is 5.67 Å². The third-order valence-electron chi connectivity index (χ3n) is 7.03. The highest BCUT2D eigenvalue weighted by Gasteiger charge is 2.40. The van der Waals surface area contributed by atoms with Gasteiger partial charge in [0, 0.05) is 5.67 Å². The van der Waals surface area contributed by atoms with Gasteiger partial charge in [-0.05, 0) is 29.9 Å². The number of rotatable bonds is 7. The van der Waals surface area contributed by atoms with Gasteiger partial charge in [0.05, 0.1) is 14.1 Å². The van der Waals surface area contributed by atoms with Crippen LogP contribution in [0.4, 0.5) is 0 Å². The Hall–Kier alpha value is -2.16. The first-order valence-corrected chi connectivity index (χ1v) is 14.7. The Labute approximate surface area is 183 Å². The van der Waals surface area contributed by atoms with Crippen LogP contribution in [0.2, 0.25) is 13.1 Å². The molecular formula is C28H35NSi. The lowest BCUT2D eigenvalue weighted by molar-refractivity contribution is 0.305. The molecule has 2 heteroatoms. The van der Waals surface area contributed by atoms with Crippen molar-refractivity contribution < 1.29 is 0 Å². The minimum absolute atomic E-state index is 0.231. The van der Waals surface area contributed by atoms with E-state index in [2.05, 4.69) is 109 Å². The average molecular weight is 414 g/mol. The van der Waals surface area contributed by atoms with Crippen LogP contribution in [0.15, 0.2) is 91.0 Å². The Balaban J connectivity index is 1.73. The van der Waals surface area contributed by atoms with Crippen LogP contribution in [0.25, 0.3) is 0 Å². The zero-order chi connectivity index (χ0) is 20.8. The van der Waals surface area contributed by atoms with Crippen molar-refractivity contribution in [2.45, 2.75) is 56.9 Å². The third kappa shape index (κ3) is 4.76. The molecule has 3 aromatic rings. The van der Waals surface area contributed by atoms with E-state index in [-0.39, 0.29) is 6.04 Å². The lowest BCUT2D eigenvalue weighted by Crippen LogP contribution is -2.62. The van der Waals surface area contributed by atoms with Crippen molar-refractivity contribution >= 4 is 13.3 Å². The van der Waals surface area contributed by atoms with E-state index in [0.717, 1.165) is 5.92 Å². The Morgan fingerprint density at radius 1 is 0.667 bits per heavy atom. The molecule has 1 saturated carbocycles. The van der Waals surface area contributed by atoms with Crippen molar-refractivity contribution in [1.82, 2.24) is 5.32 Å². The first kappa shape index (κ1) is 21.1. The maximum absolute atomic E-state index is 4.26. The highest BCUT2D eigenvalue weighted by molar-refractivity contribution is 6.91. The molecule has 4 rings (SSSR count). The summed E-state index contributed by atoms with van der Waals surface area (Å²) in [6.45, 7) is 5.14. The molecule has 1 aliphatic rings. The minimum atomic E-state index is -1.74. The molecule has 0 bridgehead atoms. The summed E-state index contributed by atoms with van der Waals surface area (Å²) < 4.78 is 0. The smallest absolute Gasteiger partial charge is 0.0987 e. The fourth-order valence-electron chi connectivity index (χ4n) is 5.30. The first-order valence-electron chi connectivity index (χ1n) is 11.6. The van der Waals surface area contributed by atoms with E-state index in [4.69, 9.17) is 0 Å². The molecule has 0 radical (unpaired) electrons. The zero-order valence-electron chi connectivity index (χ0n) is 18.4. The molecule has 0 spiro atoms. The molecule has 0 heterocycles. The molecule has 0 aromatic heterocycles. The van der Waals surface area contributed by atoms with Gasteiger partial charge in [-0.3, -0.25) is 0 Å². The number of nitrogens with one attached hydrogen (secondary N) is 1. The summed E-state index contributed by atoms with van der Waals surface area (Å²) in [5.41, 5.74) is 3.27. The van der Waals surface area contributed by atoms with Gasteiger partial charge in [-0.2, -0.15) is 0 Å². The molecule has 0 amide bonds. The third-order valence-corrected chi connectivity index (χ3v) is 11.0. The molecule has 1 atom stereocenters. The maximum Gasteiger partial charge on any atom is 0.0987 e. The van der Waals surface area contributed by atoms with Crippen molar-refractivity contribution in [2.75, 3.05) is 0 Å². The average Bonchev–Trinajstić information content (AvgIpc) is 2.82. The normalized spacial score (nSPS) is 16.5. The Bertz CT molecular complexity index is 846. The minimum Gasteiger partial charge on any atom is -0.305 e. The van der Waals surface area contributed by atoms with Crippen LogP contribution < -0.4 is 10.5 Å². The van der Waals surface area contributed by atoms with Crippen molar-refractivity contribution in [3.8, 4) is 0 Å². The first-order chi connectivity index (χ1) is 14.7. The van der Waals surface area contributed by atoms with E-state index in [9.17, 15) is 0 Å². The lowest BCUT2D eigenvalue weighted by atomic mass is 9.88. The Morgan fingerprint density at radius 2 is 1.13 bits per heavy atom. The highest BCUT2D eigenvalue weighted by atomic mass is 28.3. The van der Waals surface area contributed by atoms with Crippen LogP contribution in [0.1, 0.15) is 49.3 Å². The van der Waals surface area contributed by atoms with Gasteiger partial charge in [-0.1, -0.05) is 129 Å². The summed E-state index contributed by atoms with van der Waals surface area (Å²) >= 11 is 0. The fourth-order valence-corrected chi connectivity index (χ4v) is 8.81. The molecule has 1 aliphatic carbocycles. The van der Waals surface area contributed by atoms with Crippen LogP contribution in [0.5, 0.6) is 0 Å². The summed E-state index contributed by atoms with van der Waals surface area (Å²) in [5, 5.41) is 5.82. The Morgan fingerprint density at radius 3 is 1.63 bits per heavy atom. The molecule has 1 unspecified atom stereocenters. The SMILES string of the molecule is C[Si](C)(c1ccccc1)C(NC(c1ccccc1)c1ccccc1)C1CCCCC1. The second kappa shape index (κ2) is 9.76. The van der Waals surface area contributed by atoms with Crippen molar-refractivity contribution in [3.63, 3.8) is 0 Å². The van der Waals surface area contributed by atoms with E-state index >= 15 is 0 Å². The van der Waals surface area contributed by atoms with Gasteiger partial charge in [0.2, 0.25) is 0 Å². The molecule has 1 fully saturated rings. The van der Waals surface area contributed by atoms with E-state index in [1.165, 1.54) is 43.2 Å². The van der Waals surface area contributed by atoms with Crippen LogP contribution in [0, 0.1) is 5.92 Å². The molecule has 1 nitrogen and oxygen atoms in total. The standard InChI is InChI=1S/C28H35NSi/c1-30(2,26-21-13-6-14-22-26)28(25-19-11-5-12-20-25)29-27(23-15-7-3-8-16-23)24-17-9-4-10-18-24/h3-4,6-10,13-18,21-22,25,27-29H,5,11-12,19-20H2,1-2H3. The number of benzene rings is 3. The fraction of sp³-hybridized carbons (Fsp3) is 0.357. The van der Waals surface area contributed by atoms with Gasteiger partial charge in [0.25, 0.3) is 0 Å². The van der Waals surface area contributed by atoms with Crippen molar-refractivity contribution in [1.29, 1.82) is 0 Å². The number of hydrogen-bond acceptors (Lipinski definition) is 1. The van der Waals surface area contributed by atoms with Crippen LogP contribution in [-0.4, -0.2) is 13.7 Å². The lowest BCUT2D eigenvalue weighted by Gasteiger charge is -2.43. The second-order valence-corrected chi connectivity index (χ2v) is 14.0. The Kier molecular flexibility index (Phi) is 6.86. The van der Waals surface area contributed by atoms with Crippen molar-refractivity contribution in [3.05, 3.63) is 102 Å². The highest BCUT2D eigenvalue weighted by Crippen LogP contribution is 2.33. The van der Waals surface area contributed by atoms with Crippen molar-refractivity contribution in [2.24, 2.45) is 5.92 Å². The van der Waals surface area contributed by atoms with E-state index in [1.807, 2.05) is 0 Å². The van der Waals surface area contributed by atoms with Gasteiger partial charge in [-0.15, -0.1) is 0 Å². The monoisotopic (exact) mass is 413 g/mol. The molecule has 30 heavy (non-hydrogen) atoms. The van der Waals surface area contributed by atoms with Crippen LogP contribution in [-0.2, 0) is 0 Å². The van der Waals surface area contributed by atoms with Gasteiger partial charge in [-0.25, -0.2) is 0 Å². The van der Waals surface area contributed by atoms with Gasteiger partial charge >= 0.3 is 0 Å². The van der Waals surface area contributed by atoms with Gasteiger partial charge < -0.3 is 5.32 Å². The molecule has 0 saturated heterocycles. The quantitative estimate of drug-likeness (QED) is 0.438. The topological polar surface area (TPSA) is 12.0 Å². The maximum atomic E-state index is 4.26. The largest absolute Gasteiger partial charge is 0.305 e. The predicted molar refractivity (Wildman–Crippen MR) is 132 cm³/mol. The summed E-state index contributed by atoms with van der Waals surface area (Å²) in [7, 11) is -1.74. The second-order valence-electron chi connectivity index (χ2n) is 9.38. The molecule has 1 N–H and O–H groups in total. The molecule has 0 aliphatic heterocycles. The van der Waals surface area contributed by atoms with Gasteiger partial charge in [0.1, 0.15) is 0 Å². The zero-order valence-corrected chi connectivity index (χ0v) is 19.4. The predicted octanol–water partition coefficient (Wildman–Crippen LogP) is 6.47. The molecule has 3 aromatic carbocycles. The summed E-state index contributed by atoms with van der Waals surface area (Å²) in [5.74, 6) is 0.760. The van der Waals surface area contributed by atoms with E-state index in [1.54, 1.807) is 5.19 Å².